The van der Waals surface area contributed by atoms with Crippen LogP contribution in [0.5, 0.6) is 0 Å². The Morgan fingerprint density at radius 3 is 2.50 bits per heavy atom. The van der Waals surface area contributed by atoms with Crippen LogP contribution in [0.15, 0.2) is 66.5 Å². The molecule has 0 N–H and O–H groups in total. The van der Waals surface area contributed by atoms with Gasteiger partial charge in [-0.05, 0) is 23.8 Å². The Labute approximate surface area is 108 Å². The second-order valence-corrected chi connectivity index (χ2v) is 5.17. The van der Waals surface area contributed by atoms with Gasteiger partial charge in [-0.1, -0.05) is 37.8 Å². The summed E-state index contributed by atoms with van der Waals surface area (Å²) in [5, 5.41) is 0. The molecule has 1 aromatic carbocycles. The van der Waals surface area contributed by atoms with Crippen molar-refractivity contribution < 1.29 is 4.74 Å². The van der Waals surface area contributed by atoms with E-state index in [9.17, 15) is 0 Å². The molecule has 1 saturated heterocycles. The molecule has 0 amide bonds. The first-order valence-electron chi connectivity index (χ1n) is 6.20. The summed E-state index contributed by atoms with van der Waals surface area (Å²) in [5.74, 6) is 0. The Balaban J connectivity index is 1.95. The monoisotopic (exact) mass is 239 g/mol. The zero-order valence-electron chi connectivity index (χ0n) is 10.6. The summed E-state index contributed by atoms with van der Waals surface area (Å²) in [4.78, 5) is 2.14. The van der Waals surface area contributed by atoms with Crippen LogP contribution in [0.2, 0.25) is 0 Å². The Bertz CT molecular complexity index is 523. The lowest BCUT2D eigenvalue weighted by Crippen LogP contribution is -2.42. The molecule has 2 heteroatoms. The minimum Gasteiger partial charge on any atom is -0.379 e. The first-order chi connectivity index (χ1) is 8.69. The number of nitrogens with zero attached hydrogens (tertiary/aromatic N) is 1. The van der Waals surface area contributed by atoms with Gasteiger partial charge in [-0.25, -0.2) is 0 Å². The SMILES string of the molecule is C=C1C=CC(C2(C)COC2)=CN1c1ccccc1. The number of rotatable bonds is 2. The maximum atomic E-state index is 5.34. The zero-order valence-corrected chi connectivity index (χ0v) is 10.6. The molecule has 2 aliphatic heterocycles. The minimum absolute atomic E-state index is 0.157. The number of anilines is 1. The van der Waals surface area contributed by atoms with Crippen LogP contribution in [0.3, 0.4) is 0 Å². The lowest BCUT2D eigenvalue weighted by molar-refractivity contribution is -0.0760. The Hall–Kier alpha value is -1.80. The average Bonchev–Trinajstić information content (AvgIpc) is 2.37. The van der Waals surface area contributed by atoms with Crippen LogP contribution in [0, 0.1) is 5.41 Å². The molecule has 1 fully saturated rings. The van der Waals surface area contributed by atoms with E-state index >= 15 is 0 Å². The fourth-order valence-electron chi connectivity index (χ4n) is 2.29. The highest BCUT2D eigenvalue weighted by Gasteiger charge is 2.37. The number of allylic oxidation sites excluding steroid dienone is 2. The summed E-state index contributed by atoms with van der Waals surface area (Å²) in [6.07, 6.45) is 6.41. The lowest BCUT2D eigenvalue weighted by Gasteiger charge is -2.41. The average molecular weight is 239 g/mol. The van der Waals surface area contributed by atoms with E-state index in [0.717, 1.165) is 24.6 Å². The van der Waals surface area contributed by atoms with Crippen LogP contribution >= 0.6 is 0 Å². The minimum atomic E-state index is 0.157. The van der Waals surface area contributed by atoms with E-state index in [4.69, 9.17) is 4.74 Å². The van der Waals surface area contributed by atoms with Gasteiger partial charge in [-0.15, -0.1) is 0 Å². The molecule has 3 rings (SSSR count). The summed E-state index contributed by atoms with van der Waals surface area (Å²) in [6, 6.07) is 10.3. The summed E-state index contributed by atoms with van der Waals surface area (Å²) in [5.41, 5.74) is 3.61. The molecular formula is C16H17NO. The Kier molecular flexibility index (Phi) is 2.60. The van der Waals surface area contributed by atoms with Gasteiger partial charge < -0.3 is 9.64 Å². The van der Waals surface area contributed by atoms with Crippen molar-refractivity contribution in [1.82, 2.24) is 0 Å². The van der Waals surface area contributed by atoms with Crippen molar-refractivity contribution in [3.05, 3.63) is 66.5 Å². The first-order valence-corrected chi connectivity index (χ1v) is 6.20. The molecule has 0 aromatic heterocycles. The van der Waals surface area contributed by atoms with E-state index in [1.807, 2.05) is 18.2 Å². The smallest absolute Gasteiger partial charge is 0.0583 e. The summed E-state index contributed by atoms with van der Waals surface area (Å²) >= 11 is 0. The largest absolute Gasteiger partial charge is 0.379 e. The topological polar surface area (TPSA) is 12.5 Å². The molecule has 2 nitrogen and oxygen atoms in total. The predicted molar refractivity (Wildman–Crippen MR) is 74.2 cm³/mol. The van der Waals surface area contributed by atoms with Crippen LogP contribution in [0.4, 0.5) is 5.69 Å². The molecule has 1 aromatic rings. The standard InChI is InChI=1S/C16H17NO/c1-13-8-9-14(16(2)11-18-12-16)10-17(13)15-6-4-3-5-7-15/h3-10H,1,11-12H2,2H3. The first kappa shape index (κ1) is 11.3. The van der Waals surface area contributed by atoms with Crippen LogP contribution in [-0.4, -0.2) is 13.2 Å². The third kappa shape index (κ3) is 1.79. The third-order valence-corrected chi connectivity index (χ3v) is 3.61. The fourth-order valence-corrected chi connectivity index (χ4v) is 2.29. The van der Waals surface area contributed by atoms with Gasteiger partial charge in [0, 0.05) is 23.0 Å². The normalized spacial score (nSPS) is 21.5. The van der Waals surface area contributed by atoms with Crippen molar-refractivity contribution in [2.75, 3.05) is 18.1 Å². The highest BCUT2D eigenvalue weighted by Crippen LogP contribution is 2.38. The van der Waals surface area contributed by atoms with Gasteiger partial charge in [0.2, 0.25) is 0 Å². The summed E-state index contributed by atoms with van der Waals surface area (Å²) in [7, 11) is 0. The Morgan fingerprint density at radius 1 is 1.17 bits per heavy atom. The van der Waals surface area contributed by atoms with Crippen molar-refractivity contribution >= 4 is 5.69 Å². The highest BCUT2D eigenvalue weighted by molar-refractivity contribution is 5.61. The maximum absolute atomic E-state index is 5.34. The van der Waals surface area contributed by atoms with Crippen molar-refractivity contribution in [2.45, 2.75) is 6.92 Å². The highest BCUT2D eigenvalue weighted by atomic mass is 16.5. The van der Waals surface area contributed by atoms with E-state index in [-0.39, 0.29) is 5.41 Å². The van der Waals surface area contributed by atoms with E-state index in [2.05, 4.69) is 48.9 Å². The molecule has 0 bridgehead atoms. The molecule has 0 aliphatic carbocycles. The van der Waals surface area contributed by atoms with Crippen LogP contribution < -0.4 is 4.90 Å². The van der Waals surface area contributed by atoms with Gasteiger partial charge in [-0.3, -0.25) is 0 Å². The van der Waals surface area contributed by atoms with E-state index in [0.29, 0.717) is 0 Å². The molecule has 0 atom stereocenters. The van der Waals surface area contributed by atoms with Crippen LogP contribution in [0.1, 0.15) is 6.92 Å². The van der Waals surface area contributed by atoms with Gasteiger partial charge >= 0.3 is 0 Å². The quantitative estimate of drug-likeness (QED) is 0.783. The maximum Gasteiger partial charge on any atom is 0.0583 e. The molecule has 2 aliphatic rings. The second-order valence-electron chi connectivity index (χ2n) is 5.17. The third-order valence-electron chi connectivity index (χ3n) is 3.61. The molecule has 0 spiro atoms. The molecule has 0 unspecified atom stereocenters. The Morgan fingerprint density at radius 2 is 1.89 bits per heavy atom. The number of benzene rings is 1. The number of hydrogen-bond acceptors (Lipinski definition) is 2. The second kappa shape index (κ2) is 4.14. The number of hydrogen-bond donors (Lipinski definition) is 0. The number of ether oxygens (including phenoxy) is 1. The summed E-state index contributed by atoms with van der Waals surface area (Å²) in [6.45, 7) is 7.94. The van der Waals surface area contributed by atoms with Crippen molar-refractivity contribution in [2.24, 2.45) is 5.41 Å². The van der Waals surface area contributed by atoms with Gasteiger partial charge in [0.1, 0.15) is 0 Å². The zero-order chi connectivity index (χ0) is 12.6. The van der Waals surface area contributed by atoms with Gasteiger partial charge in [-0.2, -0.15) is 0 Å². The lowest BCUT2D eigenvalue weighted by atomic mass is 9.79. The van der Waals surface area contributed by atoms with E-state index in [1.165, 1.54) is 5.57 Å². The van der Waals surface area contributed by atoms with Crippen molar-refractivity contribution in [3.8, 4) is 0 Å². The van der Waals surface area contributed by atoms with Crippen LogP contribution in [-0.2, 0) is 4.74 Å². The van der Waals surface area contributed by atoms with E-state index in [1.54, 1.807) is 0 Å². The molecule has 2 heterocycles. The fraction of sp³-hybridized carbons (Fsp3) is 0.250. The van der Waals surface area contributed by atoms with Gasteiger partial charge in [0.25, 0.3) is 0 Å². The molecular weight excluding hydrogens is 222 g/mol. The molecule has 0 radical (unpaired) electrons. The molecule has 0 saturated carbocycles. The van der Waals surface area contributed by atoms with Crippen molar-refractivity contribution in [3.63, 3.8) is 0 Å². The predicted octanol–water partition coefficient (Wildman–Crippen LogP) is 3.50. The van der Waals surface area contributed by atoms with Crippen LogP contribution in [0.25, 0.3) is 0 Å². The van der Waals surface area contributed by atoms with Gasteiger partial charge in [0.15, 0.2) is 0 Å². The molecule has 18 heavy (non-hydrogen) atoms. The van der Waals surface area contributed by atoms with Crippen molar-refractivity contribution in [1.29, 1.82) is 0 Å². The van der Waals surface area contributed by atoms with Gasteiger partial charge in [0.05, 0.1) is 13.2 Å². The van der Waals surface area contributed by atoms with E-state index < -0.39 is 0 Å². The number of para-hydroxylation sites is 1. The molecule has 92 valence electrons. The summed E-state index contributed by atoms with van der Waals surface area (Å²) < 4.78 is 5.34.